The monoisotopic (exact) mass is 286 g/mol. The maximum Gasteiger partial charge on any atom is 0.245 e. The van der Waals surface area contributed by atoms with Gasteiger partial charge in [-0.2, -0.15) is 0 Å². The van der Waals surface area contributed by atoms with Gasteiger partial charge in [0.25, 0.3) is 0 Å². The van der Waals surface area contributed by atoms with Crippen molar-refractivity contribution < 1.29 is 9.59 Å². The van der Waals surface area contributed by atoms with Crippen LogP contribution in [0.2, 0.25) is 10.0 Å². The Hall–Kier alpha value is -1.26. The fourth-order valence-electron chi connectivity index (χ4n) is 1.88. The van der Waals surface area contributed by atoms with Gasteiger partial charge in [-0.15, -0.1) is 0 Å². The van der Waals surface area contributed by atoms with Gasteiger partial charge in [0.1, 0.15) is 6.04 Å². The van der Waals surface area contributed by atoms with Gasteiger partial charge in [0.2, 0.25) is 11.8 Å². The summed E-state index contributed by atoms with van der Waals surface area (Å²) in [6, 6.07) is 4.74. The summed E-state index contributed by atoms with van der Waals surface area (Å²) in [5, 5.41) is 3.44. The van der Waals surface area contributed by atoms with Crippen molar-refractivity contribution in [3.05, 3.63) is 33.8 Å². The molecular weight excluding hydrogens is 275 g/mol. The molecule has 1 unspecified atom stereocenters. The third-order valence-electron chi connectivity index (χ3n) is 2.79. The molecule has 0 aromatic heterocycles. The normalized spacial score (nSPS) is 19.9. The number of rotatable bonds is 2. The fraction of sp³-hybridized carbons (Fsp3) is 0.333. The Bertz CT molecular complexity index is 505. The van der Waals surface area contributed by atoms with Crippen molar-refractivity contribution >= 4 is 35.0 Å². The molecule has 1 N–H and O–H groups in total. The van der Waals surface area contributed by atoms with Crippen molar-refractivity contribution in [2.24, 2.45) is 0 Å². The molecule has 1 saturated heterocycles. The van der Waals surface area contributed by atoms with Crippen molar-refractivity contribution in [3.63, 3.8) is 0 Å². The molecule has 1 fully saturated rings. The lowest BCUT2D eigenvalue weighted by molar-refractivity contribution is -0.144. The summed E-state index contributed by atoms with van der Waals surface area (Å²) >= 11 is 12.0. The number of amides is 2. The topological polar surface area (TPSA) is 49.4 Å². The fourth-order valence-corrected chi connectivity index (χ4v) is 2.26. The van der Waals surface area contributed by atoms with E-state index in [1.807, 2.05) is 0 Å². The van der Waals surface area contributed by atoms with E-state index in [9.17, 15) is 9.59 Å². The van der Waals surface area contributed by atoms with Crippen molar-refractivity contribution in [1.82, 2.24) is 10.2 Å². The zero-order valence-corrected chi connectivity index (χ0v) is 11.3. The average Bonchev–Trinajstić information content (AvgIpc) is 2.31. The second-order valence-corrected chi connectivity index (χ2v) is 4.98. The van der Waals surface area contributed by atoms with Crippen LogP contribution in [0.5, 0.6) is 0 Å². The smallest absolute Gasteiger partial charge is 0.245 e. The molecule has 1 aliphatic rings. The lowest BCUT2D eigenvalue weighted by Crippen LogP contribution is -2.56. The Balaban J connectivity index is 2.20. The highest BCUT2D eigenvalue weighted by atomic mass is 35.5. The quantitative estimate of drug-likeness (QED) is 0.902. The number of halogens is 2. The summed E-state index contributed by atoms with van der Waals surface area (Å²) in [6.07, 6.45) is 0. The van der Waals surface area contributed by atoms with Gasteiger partial charge in [-0.25, -0.2) is 0 Å². The summed E-state index contributed by atoms with van der Waals surface area (Å²) in [7, 11) is 0. The van der Waals surface area contributed by atoms with Crippen LogP contribution in [0.25, 0.3) is 0 Å². The number of piperazine rings is 1. The molecule has 0 bridgehead atoms. The molecule has 1 aromatic rings. The van der Waals surface area contributed by atoms with Crippen LogP contribution in [0.1, 0.15) is 12.5 Å². The molecular formula is C12H12Cl2N2O2. The average molecular weight is 287 g/mol. The predicted molar refractivity (Wildman–Crippen MR) is 69.5 cm³/mol. The van der Waals surface area contributed by atoms with Crippen LogP contribution in [0.15, 0.2) is 18.2 Å². The molecule has 0 saturated carbocycles. The number of hydrogen-bond acceptors (Lipinski definition) is 2. The largest absolute Gasteiger partial charge is 0.343 e. The first-order valence-electron chi connectivity index (χ1n) is 5.50. The van der Waals surface area contributed by atoms with E-state index in [0.717, 1.165) is 5.56 Å². The maximum absolute atomic E-state index is 11.9. The molecule has 0 spiro atoms. The van der Waals surface area contributed by atoms with E-state index in [2.05, 4.69) is 5.32 Å². The zero-order valence-electron chi connectivity index (χ0n) is 9.74. The van der Waals surface area contributed by atoms with Crippen molar-refractivity contribution in [2.45, 2.75) is 19.5 Å². The first-order valence-corrected chi connectivity index (χ1v) is 6.25. The molecule has 0 aliphatic carbocycles. The highest BCUT2D eigenvalue weighted by Gasteiger charge is 2.29. The van der Waals surface area contributed by atoms with E-state index < -0.39 is 6.04 Å². The van der Waals surface area contributed by atoms with Gasteiger partial charge >= 0.3 is 0 Å². The molecule has 18 heavy (non-hydrogen) atoms. The number of nitrogens with one attached hydrogen (secondary N) is 1. The minimum Gasteiger partial charge on any atom is -0.343 e. The Labute approximate surface area is 115 Å². The third kappa shape index (κ3) is 2.60. The van der Waals surface area contributed by atoms with Crippen molar-refractivity contribution in [3.8, 4) is 0 Å². The summed E-state index contributed by atoms with van der Waals surface area (Å²) < 4.78 is 0. The molecule has 6 heteroatoms. The van der Waals surface area contributed by atoms with E-state index >= 15 is 0 Å². The van der Waals surface area contributed by atoms with Gasteiger partial charge in [0.05, 0.1) is 16.6 Å². The molecule has 96 valence electrons. The minimum absolute atomic E-state index is 0.0476. The molecule has 1 aliphatic heterocycles. The molecule has 4 nitrogen and oxygen atoms in total. The van der Waals surface area contributed by atoms with Gasteiger partial charge in [-0.1, -0.05) is 35.3 Å². The summed E-state index contributed by atoms with van der Waals surface area (Å²) in [6.45, 7) is 1.99. The van der Waals surface area contributed by atoms with Gasteiger partial charge in [0, 0.05) is 6.54 Å². The molecule has 1 aromatic carbocycles. The van der Waals surface area contributed by atoms with Crippen LogP contribution in [0, 0.1) is 0 Å². The maximum atomic E-state index is 11.9. The third-order valence-corrected chi connectivity index (χ3v) is 3.64. The second kappa shape index (κ2) is 5.16. The standard InChI is InChI=1S/C12H12Cl2N2O2/c1-7-12(18)16(6-10(17)15-7)5-8-3-2-4-9(13)11(8)14/h2-4,7H,5-6H2,1H3,(H,15,17). The van der Waals surface area contributed by atoms with Gasteiger partial charge in [-0.3, -0.25) is 9.59 Å². The molecule has 2 rings (SSSR count). The number of hydrogen-bond donors (Lipinski definition) is 1. The predicted octanol–water partition coefficient (Wildman–Crippen LogP) is 1.84. The number of benzene rings is 1. The Morgan fingerprint density at radius 3 is 2.83 bits per heavy atom. The van der Waals surface area contributed by atoms with E-state index in [1.165, 1.54) is 4.90 Å². The van der Waals surface area contributed by atoms with Crippen LogP contribution < -0.4 is 5.32 Å². The zero-order chi connectivity index (χ0) is 13.3. The molecule has 1 atom stereocenters. The summed E-state index contributed by atoms with van der Waals surface area (Å²) in [5.41, 5.74) is 0.736. The summed E-state index contributed by atoms with van der Waals surface area (Å²) in [5.74, 6) is -0.286. The molecule has 2 amide bonds. The van der Waals surface area contributed by atoms with E-state index in [-0.39, 0.29) is 24.9 Å². The summed E-state index contributed by atoms with van der Waals surface area (Å²) in [4.78, 5) is 24.8. The minimum atomic E-state index is -0.496. The molecule has 0 radical (unpaired) electrons. The Kier molecular flexibility index (Phi) is 3.78. The highest BCUT2D eigenvalue weighted by molar-refractivity contribution is 6.42. The van der Waals surface area contributed by atoms with Gasteiger partial charge in [0.15, 0.2) is 0 Å². The van der Waals surface area contributed by atoms with Crippen LogP contribution in [-0.2, 0) is 16.1 Å². The molecule has 1 heterocycles. The van der Waals surface area contributed by atoms with Crippen LogP contribution in [0.4, 0.5) is 0 Å². The first-order chi connectivity index (χ1) is 8.49. The second-order valence-electron chi connectivity index (χ2n) is 4.20. The van der Waals surface area contributed by atoms with Crippen LogP contribution in [-0.4, -0.2) is 29.3 Å². The Morgan fingerprint density at radius 2 is 2.11 bits per heavy atom. The van der Waals surface area contributed by atoms with Crippen molar-refractivity contribution in [1.29, 1.82) is 0 Å². The van der Waals surface area contributed by atoms with Crippen LogP contribution >= 0.6 is 23.2 Å². The lowest BCUT2D eigenvalue weighted by Gasteiger charge is -2.31. The Morgan fingerprint density at radius 1 is 1.39 bits per heavy atom. The highest BCUT2D eigenvalue weighted by Crippen LogP contribution is 2.26. The lowest BCUT2D eigenvalue weighted by atomic mass is 10.1. The SMILES string of the molecule is CC1NC(=O)CN(Cc2cccc(Cl)c2Cl)C1=O. The van der Waals surface area contributed by atoms with Gasteiger partial charge in [-0.05, 0) is 18.6 Å². The van der Waals surface area contributed by atoms with E-state index in [1.54, 1.807) is 25.1 Å². The number of carbonyl (C=O) groups is 2. The van der Waals surface area contributed by atoms with Crippen LogP contribution in [0.3, 0.4) is 0 Å². The van der Waals surface area contributed by atoms with E-state index in [0.29, 0.717) is 10.0 Å². The number of nitrogens with zero attached hydrogens (tertiary/aromatic N) is 1. The van der Waals surface area contributed by atoms with E-state index in [4.69, 9.17) is 23.2 Å². The van der Waals surface area contributed by atoms with Crippen molar-refractivity contribution in [2.75, 3.05) is 6.54 Å². The number of carbonyl (C=O) groups excluding carboxylic acids is 2. The van der Waals surface area contributed by atoms with Gasteiger partial charge < -0.3 is 10.2 Å². The first kappa shape index (κ1) is 13.2.